The summed E-state index contributed by atoms with van der Waals surface area (Å²) < 4.78 is 5.36. The maximum absolute atomic E-state index is 12.1. The molecule has 0 spiro atoms. The first-order valence-electron chi connectivity index (χ1n) is 8.14. The monoisotopic (exact) mass is 291 g/mol. The molecule has 1 amide bonds. The van der Waals surface area contributed by atoms with E-state index in [-0.39, 0.29) is 0 Å². The molecule has 5 nitrogen and oxygen atoms in total. The van der Waals surface area contributed by atoms with Crippen LogP contribution in [0.5, 0.6) is 0 Å². The van der Waals surface area contributed by atoms with Crippen molar-refractivity contribution in [3.05, 3.63) is 17.5 Å². The summed E-state index contributed by atoms with van der Waals surface area (Å²) in [6, 6.07) is 2.89. The molecular weight excluding hydrogens is 266 g/mol. The van der Waals surface area contributed by atoms with Crippen molar-refractivity contribution in [1.82, 2.24) is 15.0 Å². The van der Waals surface area contributed by atoms with E-state index in [0.29, 0.717) is 24.4 Å². The second-order valence-electron chi connectivity index (χ2n) is 6.26. The van der Waals surface area contributed by atoms with Gasteiger partial charge in [0.05, 0.1) is 12.2 Å². The van der Waals surface area contributed by atoms with Crippen LogP contribution in [0, 0.1) is 6.92 Å². The highest BCUT2D eigenvalue weighted by molar-refractivity contribution is 5.76. The second-order valence-corrected chi connectivity index (χ2v) is 6.26. The van der Waals surface area contributed by atoms with Gasteiger partial charge in [-0.15, -0.1) is 0 Å². The molecule has 0 saturated carbocycles. The van der Waals surface area contributed by atoms with Crippen LogP contribution < -0.4 is 0 Å². The molecule has 0 bridgehead atoms. The van der Waals surface area contributed by atoms with E-state index in [9.17, 15) is 4.79 Å². The Bertz CT molecular complexity index is 499. The van der Waals surface area contributed by atoms with E-state index < -0.39 is 0 Å². The molecule has 1 aromatic heterocycles. The molecule has 2 saturated heterocycles. The highest BCUT2D eigenvalue weighted by atomic mass is 16.5. The number of amides is 1. The number of hydrogen-bond acceptors (Lipinski definition) is 4. The zero-order valence-electron chi connectivity index (χ0n) is 13.0. The lowest BCUT2D eigenvalue weighted by molar-refractivity contribution is -0.132. The van der Waals surface area contributed by atoms with Gasteiger partial charge in [0.2, 0.25) is 5.91 Å². The van der Waals surface area contributed by atoms with E-state index >= 15 is 0 Å². The fourth-order valence-corrected chi connectivity index (χ4v) is 3.88. The molecule has 21 heavy (non-hydrogen) atoms. The van der Waals surface area contributed by atoms with Crippen molar-refractivity contribution in [3.63, 3.8) is 0 Å². The first-order chi connectivity index (χ1) is 10.2. The van der Waals surface area contributed by atoms with Gasteiger partial charge in [-0.2, -0.15) is 0 Å². The normalized spacial score (nSPS) is 26.7. The van der Waals surface area contributed by atoms with Gasteiger partial charge in [0, 0.05) is 31.1 Å². The van der Waals surface area contributed by atoms with Gasteiger partial charge in [0.1, 0.15) is 0 Å². The minimum atomic E-state index is 0.305. The van der Waals surface area contributed by atoms with E-state index in [1.54, 1.807) is 0 Å². The Balaban J connectivity index is 1.69. The van der Waals surface area contributed by atoms with Crippen molar-refractivity contribution in [1.29, 1.82) is 0 Å². The second kappa shape index (κ2) is 6.18. The summed E-state index contributed by atoms with van der Waals surface area (Å²) in [5.41, 5.74) is 0.935. The Hall–Kier alpha value is -1.36. The number of carbonyl (C=O) groups excluding carboxylic acids is 1. The van der Waals surface area contributed by atoms with Crippen LogP contribution in [0.25, 0.3) is 0 Å². The third-order valence-electron chi connectivity index (χ3n) is 4.82. The summed E-state index contributed by atoms with van der Waals surface area (Å²) in [6.45, 7) is 6.75. The molecule has 5 heteroatoms. The minimum Gasteiger partial charge on any atom is -0.360 e. The summed E-state index contributed by atoms with van der Waals surface area (Å²) in [7, 11) is 0. The van der Waals surface area contributed by atoms with Crippen LogP contribution in [0.4, 0.5) is 0 Å². The molecule has 1 aromatic rings. The largest absolute Gasteiger partial charge is 0.360 e. The number of rotatable bonds is 4. The van der Waals surface area contributed by atoms with E-state index in [4.69, 9.17) is 4.52 Å². The lowest BCUT2D eigenvalue weighted by Crippen LogP contribution is -2.47. The van der Waals surface area contributed by atoms with Crippen LogP contribution in [-0.4, -0.2) is 46.0 Å². The van der Waals surface area contributed by atoms with Crippen molar-refractivity contribution in [2.24, 2.45) is 0 Å². The third kappa shape index (κ3) is 2.98. The molecular formula is C16H25N3O2. The number of likely N-dealkylation sites (tertiary alicyclic amines) is 2. The molecule has 3 rings (SSSR count). The molecule has 0 radical (unpaired) electrons. The molecule has 0 unspecified atom stereocenters. The van der Waals surface area contributed by atoms with Crippen LogP contribution in [0.3, 0.4) is 0 Å². The van der Waals surface area contributed by atoms with Crippen LogP contribution in [0.2, 0.25) is 0 Å². The first-order valence-corrected chi connectivity index (χ1v) is 8.14. The SMILES string of the molecule is CCC(=O)N1CCC[C@H]1[C@@H]1CCCN1Cc1cc(C)no1. The van der Waals surface area contributed by atoms with Crippen molar-refractivity contribution in [2.75, 3.05) is 13.1 Å². The topological polar surface area (TPSA) is 49.6 Å². The molecule has 0 aliphatic carbocycles. The van der Waals surface area contributed by atoms with Gasteiger partial charge in [-0.25, -0.2) is 0 Å². The maximum atomic E-state index is 12.1. The van der Waals surface area contributed by atoms with Gasteiger partial charge >= 0.3 is 0 Å². The van der Waals surface area contributed by atoms with Gasteiger partial charge < -0.3 is 9.42 Å². The fraction of sp³-hybridized carbons (Fsp3) is 0.750. The predicted octanol–water partition coefficient (Wildman–Crippen LogP) is 2.35. The molecule has 2 fully saturated rings. The summed E-state index contributed by atoms with van der Waals surface area (Å²) in [6.07, 6.45) is 5.29. The van der Waals surface area contributed by atoms with E-state index in [2.05, 4.69) is 15.0 Å². The summed E-state index contributed by atoms with van der Waals surface area (Å²) in [5.74, 6) is 1.24. The number of hydrogen-bond donors (Lipinski definition) is 0. The quantitative estimate of drug-likeness (QED) is 0.854. The summed E-state index contributed by atoms with van der Waals surface area (Å²) in [4.78, 5) is 16.7. The number of nitrogens with zero attached hydrogens (tertiary/aromatic N) is 3. The first kappa shape index (κ1) is 14.6. The fourth-order valence-electron chi connectivity index (χ4n) is 3.88. The van der Waals surface area contributed by atoms with Crippen LogP contribution >= 0.6 is 0 Å². The summed E-state index contributed by atoms with van der Waals surface area (Å²) in [5, 5.41) is 3.97. The molecule has 3 heterocycles. The minimum absolute atomic E-state index is 0.305. The van der Waals surface area contributed by atoms with E-state index in [1.165, 1.54) is 12.8 Å². The van der Waals surface area contributed by atoms with Gasteiger partial charge in [-0.1, -0.05) is 12.1 Å². The van der Waals surface area contributed by atoms with Gasteiger partial charge in [0.15, 0.2) is 5.76 Å². The lowest BCUT2D eigenvalue weighted by Gasteiger charge is -2.34. The number of aromatic nitrogens is 1. The van der Waals surface area contributed by atoms with E-state index in [1.807, 2.05) is 19.9 Å². The van der Waals surface area contributed by atoms with E-state index in [0.717, 1.165) is 43.9 Å². The molecule has 2 atom stereocenters. The van der Waals surface area contributed by atoms with Crippen LogP contribution in [0.1, 0.15) is 50.5 Å². The van der Waals surface area contributed by atoms with Crippen molar-refractivity contribution in [2.45, 2.75) is 64.6 Å². The van der Waals surface area contributed by atoms with Crippen molar-refractivity contribution < 1.29 is 9.32 Å². The Kier molecular flexibility index (Phi) is 4.29. The van der Waals surface area contributed by atoms with Crippen LogP contribution in [-0.2, 0) is 11.3 Å². The number of carbonyl (C=O) groups is 1. The smallest absolute Gasteiger partial charge is 0.222 e. The Labute approximate surface area is 126 Å². The zero-order chi connectivity index (χ0) is 14.8. The highest BCUT2D eigenvalue weighted by Gasteiger charge is 2.39. The molecule has 0 N–H and O–H groups in total. The zero-order valence-corrected chi connectivity index (χ0v) is 13.0. The average molecular weight is 291 g/mol. The lowest BCUT2D eigenvalue weighted by atomic mass is 10.0. The Morgan fingerprint density at radius 3 is 2.81 bits per heavy atom. The van der Waals surface area contributed by atoms with Crippen molar-refractivity contribution >= 4 is 5.91 Å². The molecule has 2 aliphatic heterocycles. The third-order valence-corrected chi connectivity index (χ3v) is 4.82. The Morgan fingerprint density at radius 1 is 1.33 bits per heavy atom. The summed E-state index contributed by atoms with van der Waals surface area (Å²) >= 11 is 0. The molecule has 116 valence electrons. The predicted molar refractivity (Wildman–Crippen MR) is 79.7 cm³/mol. The average Bonchev–Trinajstić information content (AvgIpc) is 3.18. The van der Waals surface area contributed by atoms with Gasteiger partial charge in [0.25, 0.3) is 0 Å². The van der Waals surface area contributed by atoms with Crippen LogP contribution in [0.15, 0.2) is 10.6 Å². The van der Waals surface area contributed by atoms with Gasteiger partial charge in [-0.3, -0.25) is 9.69 Å². The molecule has 2 aliphatic rings. The maximum Gasteiger partial charge on any atom is 0.222 e. The van der Waals surface area contributed by atoms with Crippen molar-refractivity contribution in [3.8, 4) is 0 Å². The van der Waals surface area contributed by atoms with Gasteiger partial charge in [-0.05, 0) is 39.2 Å². The Morgan fingerprint density at radius 2 is 2.10 bits per heavy atom. The molecule has 0 aromatic carbocycles. The number of aryl methyl sites for hydroxylation is 1. The highest BCUT2D eigenvalue weighted by Crippen LogP contribution is 2.31. The standard InChI is InChI=1S/C16H25N3O2/c1-3-16(20)19-9-5-7-15(19)14-6-4-8-18(14)11-13-10-12(2)17-21-13/h10,14-15H,3-9,11H2,1-2H3/t14-,15-/m0/s1.